The Hall–Kier alpha value is -2.82. The third-order valence-electron chi connectivity index (χ3n) is 3.32. The molecule has 0 fully saturated rings. The highest BCUT2D eigenvalue weighted by Crippen LogP contribution is 2.22. The summed E-state index contributed by atoms with van der Waals surface area (Å²) in [6, 6.07) is 11.4. The van der Waals surface area contributed by atoms with Crippen molar-refractivity contribution in [2.45, 2.75) is 6.92 Å². The number of aryl methyl sites for hydroxylation is 1. The summed E-state index contributed by atoms with van der Waals surface area (Å²) in [5, 5.41) is 9.19. The first kappa shape index (κ1) is 14.6. The Kier molecular flexibility index (Phi) is 3.93. The van der Waals surface area contributed by atoms with Gasteiger partial charge in [-0.1, -0.05) is 12.1 Å². The lowest BCUT2D eigenvalue weighted by atomic mass is 10.1. The van der Waals surface area contributed by atoms with Gasteiger partial charge < -0.3 is 15.7 Å². The number of benzene rings is 2. The molecule has 0 saturated heterocycles. The molecule has 0 aliphatic rings. The predicted octanol–water partition coefficient (Wildman–Crippen LogP) is 2.55. The van der Waals surface area contributed by atoms with Crippen molar-refractivity contribution in [3.05, 3.63) is 59.2 Å². The molecule has 0 bridgehead atoms. The molecule has 0 radical (unpaired) electrons. The van der Waals surface area contributed by atoms with Gasteiger partial charge in [-0.25, -0.2) is 4.79 Å². The number of nitrogens with zero attached hydrogens (tertiary/aromatic N) is 1. The van der Waals surface area contributed by atoms with Crippen LogP contribution in [-0.2, 0) is 0 Å². The summed E-state index contributed by atoms with van der Waals surface area (Å²) >= 11 is 0. The summed E-state index contributed by atoms with van der Waals surface area (Å²) in [6.07, 6.45) is 0. The van der Waals surface area contributed by atoms with E-state index in [9.17, 15) is 14.7 Å². The van der Waals surface area contributed by atoms with Crippen molar-refractivity contribution in [1.82, 2.24) is 0 Å². The average Bonchev–Trinajstić information content (AvgIpc) is 2.48. The second-order valence-corrected chi connectivity index (χ2v) is 4.76. The van der Waals surface area contributed by atoms with Gasteiger partial charge in [0, 0.05) is 18.3 Å². The molecule has 5 heteroatoms. The maximum absolute atomic E-state index is 12.5. The highest BCUT2D eigenvalue weighted by atomic mass is 16.4. The van der Waals surface area contributed by atoms with Gasteiger partial charge >= 0.3 is 5.97 Å². The third kappa shape index (κ3) is 2.86. The normalized spacial score (nSPS) is 10.2. The molecule has 0 aromatic heterocycles. The predicted molar refractivity (Wildman–Crippen MR) is 81.7 cm³/mol. The van der Waals surface area contributed by atoms with Crippen LogP contribution in [0.2, 0.25) is 0 Å². The van der Waals surface area contributed by atoms with Crippen LogP contribution in [0.25, 0.3) is 0 Å². The van der Waals surface area contributed by atoms with Crippen molar-refractivity contribution in [2.75, 3.05) is 17.7 Å². The Labute approximate surface area is 122 Å². The number of amides is 1. The first-order valence-corrected chi connectivity index (χ1v) is 6.38. The second-order valence-electron chi connectivity index (χ2n) is 4.76. The number of hydrogen-bond donors (Lipinski definition) is 2. The first-order valence-electron chi connectivity index (χ1n) is 6.38. The van der Waals surface area contributed by atoms with Crippen molar-refractivity contribution in [2.24, 2.45) is 0 Å². The molecular weight excluding hydrogens is 268 g/mol. The van der Waals surface area contributed by atoms with Crippen molar-refractivity contribution < 1.29 is 14.7 Å². The number of rotatable bonds is 3. The molecule has 2 aromatic carbocycles. The van der Waals surface area contributed by atoms with Crippen LogP contribution in [0.15, 0.2) is 42.5 Å². The Morgan fingerprint density at radius 3 is 2.43 bits per heavy atom. The van der Waals surface area contributed by atoms with E-state index in [1.165, 1.54) is 11.0 Å². The van der Waals surface area contributed by atoms with Crippen molar-refractivity contribution in [1.29, 1.82) is 0 Å². The number of carboxylic acids is 1. The van der Waals surface area contributed by atoms with Crippen LogP contribution < -0.4 is 10.6 Å². The van der Waals surface area contributed by atoms with Crippen LogP contribution in [0, 0.1) is 6.92 Å². The Balaban J connectivity index is 2.40. The van der Waals surface area contributed by atoms with Gasteiger partial charge in [-0.2, -0.15) is 0 Å². The van der Waals surface area contributed by atoms with Gasteiger partial charge in [-0.05, 0) is 42.8 Å². The summed E-state index contributed by atoms with van der Waals surface area (Å²) in [7, 11) is 1.55. The zero-order chi connectivity index (χ0) is 15.6. The van der Waals surface area contributed by atoms with Crippen molar-refractivity contribution in [3.8, 4) is 0 Å². The molecule has 2 rings (SSSR count). The van der Waals surface area contributed by atoms with E-state index in [0.29, 0.717) is 16.9 Å². The van der Waals surface area contributed by atoms with Gasteiger partial charge in [0.05, 0.1) is 11.3 Å². The number of anilines is 2. The summed E-state index contributed by atoms with van der Waals surface area (Å²) in [5.74, 6) is -1.36. The van der Waals surface area contributed by atoms with Crippen LogP contribution in [0.4, 0.5) is 11.4 Å². The van der Waals surface area contributed by atoms with Crippen LogP contribution in [0.5, 0.6) is 0 Å². The number of carbonyl (C=O) groups is 2. The molecule has 3 N–H and O–H groups in total. The van der Waals surface area contributed by atoms with Gasteiger partial charge in [-0.15, -0.1) is 0 Å². The minimum absolute atomic E-state index is 0.0838. The molecule has 2 aromatic rings. The highest BCUT2D eigenvalue weighted by Gasteiger charge is 2.19. The van der Waals surface area contributed by atoms with E-state index in [2.05, 4.69) is 0 Å². The number of aromatic carboxylic acids is 1. The molecule has 5 nitrogen and oxygen atoms in total. The minimum Gasteiger partial charge on any atom is -0.478 e. The Morgan fingerprint density at radius 2 is 1.81 bits per heavy atom. The largest absolute Gasteiger partial charge is 0.478 e. The zero-order valence-electron chi connectivity index (χ0n) is 11.8. The average molecular weight is 284 g/mol. The smallest absolute Gasteiger partial charge is 0.337 e. The molecule has 0 spiro atoms. The zero-order valence-corrected chi connectivity index (χ0v) is 11.8. The van der Waals surface area contributed by atoms with Gasteiger partial charge in [0.2, 0.25) is 0 Å². The number of nitrogens with two attached hydrogens (primary N) is 1. The first-order chi connectivity index (χ1) is 9.91. The monoisotopic (exact) mass is 284 g/mol. The molecule has 0 saturated carbocycles. The quantitative estimate of drug-likeness (QED) is 0.848. The fraction of sp³-hybridized carbons (Fsp3) is 0.125. The van der Waals surface area contributed by atoms with E-state index in [1.54, 1.807) is 43.4 Å². The topological polar surface area (TPSA) is 83.6 Å². The van der Waals surface area contributed by atoms with Gasteiger partial charge in [-0.3, -0.25) is 4.79 Å². The number of carbonyl (C=O) groups excluding carboxylic acids is 1. The third-order valence-corrected chi connectivity index (χ3v) is 3.32. The van der Waals surface area contributed by atoms with Crippen molar-refractivity contribution >= 4 is 23.3 Å². The Morgan fingerprint density at radius 1 is 1.14 bits per heavy atom. The minimum atomic E-state index is -1.07. The molecule has 1 amide bonds. The summed E-state index contributed by atoms with van der Waals surface area (Å²) in [4.78, 5) is 25.0. The summed E-state index contributed by atoms with van der Waals surface area (Å²) < 4.78 is 0. The second kappa shape index (κ2) is 5.66. The molecule has 0 atom stereocenters. The highest BCUT2D eigenvalue weighted by molar-refractivity contribution is 6.09. The van der Waals surface area contributed by atoms with Gasteiger partial charge in [0.25, 0.3) is 5.91 Å². The molecule has 0 aliphatic heterocycles. The van der Waals surface area contributed by atoms with Crippen LogP contribution >= 0.6 is 0 Å². The van der Waals surface area contributed by atoms with E-state index in [4.69, 9.17) is 5.73 Å². The van der Waals surface area contributed by atoms with E-state index >= 15 is 0 Å². The van der Waals surface area contributed by atoms with Crippen molar-refractivity contribution in [3.63, 3.8) is 0 Å². The number of para-hydroxylation sites is 1. The molecule has 21 heavy (non-hydrogen) atoms. The molecule has 0 aliphatic carbocycles. The maximum atomic E-state index is 12.5. The van der Waals surface area contributed by atoms with Gasteiger partial charge in [0.15, 0.2) is 0 Å². The van der Waals surface area contributed by atoms with Crippen LogP contribution in [0.3, 0.4) is 0 Å². The number of nitrogen functional groups attached to an aromatic ring is 1. The lowest BCUT2D eigenvalue weighted by molar-refractivity contribution is 0.0697. The summed E-state index contributed by atoms with van der Waals surface area (Å²) in [5.41, 5.74) is 8.05. The fourth-order valence-corrected chi connectivity index (χ4v) is 2.06. The fourth-order valence-electron chi connectivity index (χ4n) is 2.06. The van der Waals surface area contributed by atoms with Gasteiger partial charge in [0.1, 0.15) is 0 Å². The standard InChI is InChI=1S/C16H16N2O3/c1-10-9-11(7-8-13(10)17)15(19)18(2)14-6-4-3-5-12(14)16(20)21/h3-9H,17H2,1-2H3,(H,20,21). The van der Waals surface area contributed by atoms with E-state index in [1.807, 2.05) is 6.92 Å². The molecule has 0 heterocycles. The number of carboxylic acid groups (broad SMARTS) is 1. The van der Waals surface area contributed by atoms with Crippen LogP contribution in [-0.4, -0.2) is 24.0 Å². The summed E-state index contributed by atoms with van der Waals surface area (Å²) in [6.45, 7) is 1.82. The molecular formula is C16H16N2O3. The lowest BCUT2D eigenvalue weighted by Gasteiger charge is -2.19. The number of hydrogen-bond acceptors (Lipinski definition) is 3. The molecule has 0 unspecified atom stereocenters. The van der Waals surface area contributed by atoms with Crippen LogP contribution in [0.1, 0.15) is 26.3 Å². The molecule has 108 valence electrons. The van der Waals surface area contributed by atoms with E-state index in [-0.39, 0.29) is 11.5 Å². The maximum Gasteiger partial charge on any atom is 0.337 e. The van der Waals surface area contributed by atoms with E-state index < -0.39 is 5.97 Å². The Bertz CT molecular complexity index is 710. The van der Waals surface area contributed by atoms with E-state index in [0.717, 1.165) is 5.56 Å². The SMILES string of the molecule is Cc1cc(C(=O)N(C)c2ccccc2C(=O)O)ccc1N. The lowest BCUT2D eigenvalue weighted by Crippen LogP contribution is -2.28.